The Hall–Kier alpha value is -3.25. The van der Waals surface area contributed by atoms with E-state index in [-0.39, 0.29) is 24.9 Å². The van der Waals surface area contributed by atoms with Crippen molar-refractivity contribution in [3.05, 3.63) is 59.2 Å². The Balaban J connectivity index is 1.52. The average molecular weight is 473 g/mol. The zero-order valence-electron chi connectivity index (χ0n) is 18.8. The van der Waals surface area contributed by atoms with E-state index < -0.39 is 22.7 Å². The highest BCUT2D eigenvalue weighted by atomic mass is 19.4. The number of hydrogen-bond acceptors (Lipinski definition) is 5. The van der Waals surface area contributed by atoms with Crippen LogP contribution in [0.3, 0.4) is 0 Å². The molecule has 6 nitrogen and oxygen atoms in total. The van der Waals surface area contributed by atoms with Crippen molar-refractivity contribution >= 4 is 11.6 Å². The van der Waals surface area contributed by atoms with Gasteiger partial charge in [-0.2, -0.15) is 18.4 Å². The van der Waals surface area contributed by atoms with E-state index in [0.29, 0.717) is 44.0 Å². The first-order valence-electron chi connectivity index (χ1n) is 11.1. The average Bonchev–Trinajstić information content (AvgIpc) is 3.23. The number of carbonyl (C=O) groups excluding carboxylic acids is 1. The summed E-state index contributed by atoms with van der Waals surface area (Å²) in [7, 11) is 1.56. The Bertz CT molecular complexity index is 1110. The number of nitrogens with zero attached hydrogens (tertiary/aromatic N) is 3. The highest BCUT2D eigenvalue weighted by Gasteiger charge is 2.50. The number of amides is 1. The number of methoxy groups -OCH3 is 1. The molecule has 0 aromatic heterocycles. The summed E-state index contributed by atoms with van der Waals surface area (Å²) in [4.78, 5) is 16.6. The maximum atomic E-state index is 13.4. The summed E-state index contributed by atoms with van der Waals surface area (Å²) < 4.78 is 45.6. The molecular formula is C25H26F3N3O3. The molecule has 34 heavy (non-hydrogen) atoms. The van der Waals surface area contributed by atoms with Gasteiger partial charge in [0.05, 0.1) is 37.3 Å². The largest absolute Gasteiger partial charge is 0.497 e. The zero-order valence-corrected chi connectivity index (χ0v) is 18.8. The monoisotopic (exact) mass is 473 g/mol. The van der Waals surface area contributed by atoms with Crippen molar-refractivity contribution in [1.82, 2.24) is 4.90 Å². The van der Waals surface area contributed by atoms with Gasteiger partial charge in [-0.1, -0.05) is 12.1 Å². The molecule has 9 heteroatoms. The molecule has 2 saturated heterocycles. The Kier molecular flexibility index (Phi) is 6.45. The fourth-order valence-electron chi connectivity index (χ4n) is 5.15. The minimum Gasteiger partial charge on any atom is -0.497 e. The minimum atomic E-state index is -4.63. The van der Waals surface area contributed by atoms with Crippen LogP contribution in [0.5, 0.6) is 5.75 Å². The number of piperidine rings is 1. The van der Waals surface area contributed by atoms with Crippen LogP contribution in [0, 0.1) is 22.7 Å². The third-order valence-electron chi connectivity index (χ3n) is 7.02. The van der Waals surface area contributed by atoms with Gasteiger partial charge < -0.3 is 19.6 Å². The molecule has 2 aliphatic rings. The third-order valence-corrected chi connectivity index (χ3v) is 7.02. The van der Waals surface area contributed by atoms with Crippen molar-refractivity contribution in [1.29, 1.82) is 5.26 Å². The minimum absolute atomic E-state index is 0.0558. The van der Waals surface area contributed by atoms with Crippen molar-refractivity contribution in [2.45, 2.75) is 19.0 Å². The van der Waals surface area contributed by atoms with Crippen LogP contribution in [0.15, 0.2) is 42.5 Å². The standard InChI is InChI=1S/C25H26F3N3O3/c1-34-21-4-2-3-17(9-21)10-23(33)31-13-19-7-8-30(14-24(19,15-31)16-32)20-6-5-18(12-29)22(11-20)25(26,27)28/h2-6,9,11,19,32H,7-8,10,13-16H2,1H3/t19-,24+/m1/s1. The molecule has 1 N–H and O–H groups in total. The second-order valence-corrected chi connectivity index (χ2v) is 9.07. The lowest BCUT2D eigenvalue weighted by molar-refractivity contribution is -0.137. The number of rotatable bonds is 5. The van der Waals surface area contributed by atoms with Gasteiger partial charge >= 0.3 is 6.18 Å². The number of alkyl halides is 3. The predicted octanol–water partition coefficient (Wildman–Crippen LogP) is 3.48. The van der Waals surface area contributed by atoms with Crippen molar-refractivity contribution in [3.63, 3.8) is 0 Å². The van der Waals surface area contributed by atoms with Crippen LogP contribution in [0.2, 0.25) is 0 Å². The Labute approximate surface area is 196 Å². The number of aliphatic hydroxyl groups is 1. The van der Waals surface area contributed by atoms with Crippen molar-refractivity contribution in [3.8, 4) is 11.8 Å². The lowest BCUT2D eigenvalue weighted by atomic mass is 9.74. The normalized spacial score (nSPS) is 22.3. The smallest absolute Gasteiger partial charge is 0.417 e. The number of hydrogen-bond donors (Lipinski definition) is 1. The molecule has 2 aliphatic heterocycles. The molecule has 0 spiro atoms. The van der Waals surface area contributed by atoms with Crippen LogP contribution in [0.4, 0.5) is 18.9 Å². The highest BCUT2D eigenvalue weighted by Crippen LogP contribution is 2.44. The topological polar surface area (TPSA) is 76.8 Å². The van der Waals surface area contributed by atoms with E-state index in [0.717, 1.165) is 11.6 Å². The fraction of sp³-hybridized carbons (Fsp3) is 0.440. The zero-order chi connectivity index (χ0) is 24.5. The van der Waals surface area contributed by atoms with Gasteiger partial charge in [0.25, 0.3) is 0 Å². The maximum Gasteiger partial charge on any atom is 0.417 e. The van der Waals surface area contributed by atoms with Gasteiger partial charge in [-0.3, -0.25) is 4.79 Å². The van der Waals surface area contributed by atoms with Crippen molar-refractivity contribution < 1.29 is 27.8 Å². The van der Waals surface area contributed by atoms with Gasteiger partial charge in [-0.05, 0) is 48.2 Å². The summed E-state index contributed by atoms with van der Waals surface area (Å²) in [5.74, 6) is 0.673. The Morgan fingerprint density at radius 3 is 2.74 bits per heavy atom. The lowest BCUT2D eigenvalue weighted by Crippen LogP contribution is -2.51. The second kappa shape index (κ2) is 9.18. The predicted molar refractivity (Wildman–Crippen MR) is 119 cm³/mol. The molecule has 2 aromatic carbocycles. The van der Waals surface area contributed by atoms with Crippen LogP contribution >= 0.6 is 0 Å². The summed E-state index contributed by atoms with van der Waals surface area (Å²) in [5.41, 5.74) is -0.809. The second-order valence-electron chi connectivity index (χ2n) is 9.07. The molecule has 2 fully saturated rings. The van der Waals surface area contributed by atoms with Crippen molar-refractivity contribution in [2.75, 3.05) is 44.8 Å². The Morgan fingerprint density at radius 2 is 2.06 bits per heavy atom. The first kappa shape index (κ1) is 23.9. The molecule has 1 amide bonds. The molecule has 2 atom stereocenters. The van der Waals surface area contributed by atoms with Gasteiger partial charge in [0.15, 0.2) is 0 Å². The molecule has 2 aromatic rings. The van der Waals surface area contributed by atoms with Gasteiger partial charge in [-0.15, -0.1) is 0 Å². The summed E-state index contributed by atoms with van der Waals surface area (Å²) >= 11 is 0. The number of fused-ring (bicyclic) bond motifs is 1. The molecule has 0 saturated carbocycles. The number of carbonyl (C=O) groups is 1. The van der Waals surface area contributed by atoms with Gasteiger partial charge in [0.2, 0.25) is 5.91 Å². The Morgan fingerprint density at radius 1 is 1.26 bits per heavy atom. The first-order chi connectivity index (χ1) is 16.2. The summed E-state index contributed by atoms with van der Waals surface area (Å²) in [6.45, 7) is 1.53. The molecule has 0 radical (unpaired) electrons. The van der Waals surface area contributed by atoms with E-state index >= 15 is 0 Å². The van der Waals surface area contributed by atoms with Gasteiger partial charge in [0, 0.05) is 37.3 Å². The van der Waals surface area contributed by atoms with E-state index in [1.807, 2.05) is 23.1 Å². The van der Waals surface area contributed by atoms with Crippen molar-refractivity contribution in [2.24, 2.45) is 11.3 Å². The maximum absolute atomic E-state index is 13.4. The number of halogens is 3. The molecule has 0 bridgehead atoms. The molecule has 4 rings (SSSR count). The number of nitriles is 1. The number of likely N-dealkylation sites (tertiary alicyclic amines) is 1. The number of anilines is 1. The SMILES string of the molecule is COc1cccc(CC(=O)N2C[C@H]3CCN(c4ccc(C#N)c(C(F)(F)F)c4)C[C@@]3(CO)C2)c1. The van der Waals surface area contributed by atoms with Crippen LogP contribution in [0.25, 0.3) is 0 Å². The number of aliphatic hydroxyl groups excluding tert-OH is 1. The number of benzene rings is 2. The molecule has 2 heterocycles. The molecular weight excluding hydrogens is 447 g/mol. The van der Waals surface area contributed by atoms with Crippen LogP contribution in [0.1, 0.15) is 23.1 Å². The molecule has 180 valence electrons. The molecule has 0 unspecified atom stereocenters. The van der Waals surface area contributed by atoms with Crippen LogP contribution < -0.4 is 9.64 Å². The third kappa shape index (κ3) is 4.55. The quantitative estimate of drug-likeness (QED) is 0.720. The number of ether oxygens (including phenoxy) is 1. The van der Waals surface area contributed by atoms with E-state index in [4.69, 9.17) is 10.00 Å². The van der Waals surface area contributed by atoms with Gasteiger partial charge in [0.1, 0.15) is 5.75 Å². The van der Waals surface area contributed by atoms with E-state index in [2.05, 4.69) is 0 Å². The molecule has 0 aliphatic carbocycles. The van der Waals surface area contributed by atoms with Crippen LogP contribution in [-0.4, -0.2) is 55.8 Å². The first-order valence-corrected chi connectivity index (χ1v) is 11.1. The van der Waals surface area contributed by atoms with Gasteiger partial charge in [-0.25, -0.2) is 0 Å². The lowest BCUT2D eigenvalue weighted by Gasteiger charge is -2.44. The summed E-state index contributed by atoms with van der Waals surface area (Å²) in [6.07, 6.45) is -3.78. The van der Waals surface area contributed by atoms with E-state index in [1.165, 1.54) is 12.1 Å². The fourth-order valence-corrected chi connectivity index (χ4v) is 5.15. The summed E-state index contributed by atoms with van der Waals surface area (Å²) in [6, 6.07) is 12.6. The van der Waals surface area contributed by atoms with Crippen LogP contribution in [-0.2, 0) is 17.4 Å². The van der Waals surface area contributed by atoms with E-state index in [9.17, 15) is 23.1 Å². The van der Waals surface area contributed by atoms with E-state index in [1.54, 1.807) is 24.1 Å². The highest BCUT2D eigenvalue weighted by molar-refractivity contribution is 5.79. The summed E-state index contributed by atoms with van der Waals surface area (Å²) in [5, 5.41) is 19.4.